The molecule has 0 aromatic heterocycles. The number of hydrogen-bond donors (Lipinski definition) is 0. The minimum absolute atomic E-state index is 0.00293. The van der Waals surface area contributed by atoms with Crippen LogP contribution < -0.4 is 8.92 Å². The molecule has 3 rings (SSSR count). The van der Waals surface area contributed by atoms with Crippen LogP contribution in [0.2, 0.25) is 0 Å². The van der Waals surface area contributed by atoms with Gasteiger partial charge in [0.15, 0.2) is 11.6 Å². The predicted octanol–water partition coefficient (Wildman–Crippen LogP) is 8.42. The van der Waals surface area contributed by atoms with Crippen molar-refractivity contribution in [1.29, 1.82) is 0 Å². The maximum atomic E-state index is 14.3. The standard InChI is InChI=1S/C19H21FO2.C13H15F3O4S/c1-12(21)13-6-8-15(17(10-13)19(2,3)4)16-11-14(22-5)7-9-18(16)20;1-8(17)9-5-6-11(10(7-9)12(2,3)4)20-21(18,19)13(14,15)16/h6-11H,1-5H3;5-7H,1-4H3. The van der Waals surface area contributed by atoms with Gasteiger partial charge in [-0.2, -0.15) is 21.6 Å². The Morgan fingerprint density at radius 1 is 0.698 bits per heavy atom. The smallest absolute Gasteiger partial charge is 0.497 e. The molecule has 0 fully saturated rings. The molecule has 0 unspecified atom stereocenters. The first kappa shape index (κ1) is 35.5. The van der Waals surface area contributed by atoms with Gasteiger partial charge in [0.1, 0.15) is 17.3 Å². The number of alkyl halides is 3. The molecule has 0 saturated carbocycles. The number of methoxy groups -OCH3 is 1. The summed E-state index contributed by atoms with van der Waals surface area (Å²) >= 11 is 0. The molecule has 0 aliphatic carbocycles. The SMILES string of the molecule is CC(=O)c1ccc(OS(=O)(=O)C(F)(F)F)c(C(C)(C)C)c1.COc1ccc(F)c(-c2ccc(C(C)=O)cc2C(C)(C)C)c1. The fraction of sp³-hybridized carbons (Fsp3) is 0.375. The fourth-order valence-corrected chi connectivity index (χ4v) is 4.51. The van der Waals surface area contributed by atoms with Crippen LogP contribution in [0.4, 0.5) is 17.6 Å². The molecular weight excluding hydrogens is 588 g/mol. The zero-order valence-electron chi connectivity index (χ0n) is 25.6. The molecular formula is C32H36F4O6S. The van der Waals surface area contributed by atoms with Crippen LogP contribution in [-0.4, -0.2) is 32.6 Å². The second-order valence-electron chi connectivity index (χ2n) is 11.9. The highest BCUT2D eigenvalue weighted by molar-refractivity contribution is 7.88. The average molecular weight is 625 g/mol. The van der Waals surface area contributed by atoms with E-state index in [-0.39, 0.29) is 33.9 Å². The van der Waals surface area contributed by atoms with Crippen LogP contribution in [0.1, 0.15) is 87.2 Å². The highest BCUT2D eigenvalue weighted by Gasteiger charge is 2.49. The van der Waals surface area contributed by atoms with Crippen molar-refractivity contribution in [2.75, 3.05) is 7.11 Å². The third kappa shape index (κ3) is 8.89. The minimum atomic E-state index is -5.75. The summed E-state index contributed by atoms with van der Waals surface area (Å²) in [7, 11) is -4.20. The van der Waals surface area contributed by atoms with E-state index in [1.54, 1.807) is 46.1 Å². The van der Waals surface area contributed by atoms with Crippen molar-refractivity contribution in [2.24, 2.45) is 0 Å². The maximum Gasteiger partial charge on any atom is 0.534 e. The third-order valence-electron chi connectivity index (χ3n) is 6.37. The molecule has 0 atom stereocenters. The van der Waals surface area contributed by atoms with E-state index in [4.69, 9.17) is 4.74 Å². The van der Waals surface area contributed by atoms with E-state index in [0.717, 1.165) is 17.2 Å². The van der Waals surface area contributed by atoms with Crippen LogP contribution in [0.25, 0.3) is 11.1 Å². The molecule has 11 heteroatoms. The van der Waals surface area contributed by atoms with Crippen LogP contribution in [0.15, 0.2) is 54.6 Å². The number of rotatable bonds is 6. The van der Waals surface area contributed by atoms with Crippen molar-refractivity contribution >= 4 is 21.7 Å². The van der Waals surface area contributed by atoms with Crippen LogP contribution in [0.5, 0.6) is 11.5 Å². The summed E-state index contributed by atoms with van der Waals surface area (Å²) in [5.74, 6) is -0.424. The number of ether oxygens (including phenoxy) is 1. The van der Waals surface area contributed by atoms with Gasteiger partial charge < -0.3 is 8.92 Å². The van der Waals surface area contributed by atoms with Gasteiger partial charge in [-0.3, -0.25) is 9.59 Å². The van der Waals surface area contributed by atoms with Crippen LogP contribution >= 0.6 is 0 Å². The van der Waals surface area contributed by atoms with Crippen LogP contribution in [0, 0.1) is 5.82 Å². The van der Waals surface area contributed by atoms with E-state index in [1.165, 1.54) is 32.0 Å². The molecule has 3 aromatic rings. The highest BCUT2D eigenvalue weighted by Crippen LogP contribution is 2.37. The Balaban J connectivity index is 0.000000301. The van der Waals surface area contributed by atoms with Crippen molar-refractivity contribution in [2.45, 2.75) is 71.7 Å². The van der Waals surface area contributed by atoms with Crippen molar-refractivity contribution in [3.8, 4) is 22.6 Å². The van der Waals surface area contributed by atoms with E-state index in [1.807, 2.05) is 32.9 Å². The maximum absolute atomic E-state index is 14.3. The Labute approximate surface area is 250 Å². The van der Waals surface area contributed by atoms with Gasteiger partial charge in [-0.1, -0.05) is 53.7 Å². The summed E-state index contributed by atoms with van der Waals surface area (Å²) in [6.45, 7) is 14.0. The van der Waals surface area contributed by atoms with E-state index in [9.17, 15) is 35.6 Å². The lowest BCUT2D eigenvalue weighted by atomic mass is 9.80. The van der Waals surface area contributed by atoms with Gasteiger partial charge in [-0.25, -0.2) is 4.39 Å². The highest BCUT2D eigenvalue weighted by atomic mass is 32.2. The second kappa shape index (κ2) is 12.9. The lowest BCUT2D eigenvalue weighted by Gasteiger charge is -2.24. The molecule has 0 saturated heterocycles. The number of halogens is 4. The average Bonchev–Trinajstić information content (AvgIpc) is 2.87. The van der Waals surface area contributed by atoms with E-state index in [0.29, 0.717) is 16.9 Å². The van der Waals surface area contributed by atoms with Gasteiger partial charge in [0, 0.05) is 22.3 Å². The summed E-state index contributed by atoms with van der Waals surface area (Å²) in [5, 5.41) is 0. The number of hydrogen-bond acceptors (Lipinski definition) is 6. The number of carbonyl (C=O) groups is 2. The van der Waals surface area contributed by atoms with Gasteiger partial charge in [0.05, 0.1) is 7.11 Å². The van der Waals surface area contributed by atoms with E-state index in [2.05, 4.69) is 4.18 Å². The van der Waals surface area contributed by atoms with Crippen LogP contribution in [0.3, 0.4) is 0 Å². The van der Waals surface area contributed by atoms with Gasteiger partial charge in [0.25, 0.3) is 0 Å². The lowest BCUT2D eigenvalue weighted by molar-refractivity contribution is -0.0500. The summed E-state index contributed by atoms with van der Waals surface area (Å²) in [4.78, 5) is 23.0. The normalized spacial score (nSPS) is 12.2. The molecule has 0 aliphatic rings. The number of ketones is 2. The molecule has 43 heavy (non-hydrogen) atoms. The molecule has 3 aromatic carbocycles. The topological polar surface area (TPSA) is 86.7 Å². The number of benzene rings is 3. The Kier molecular flexibility index (Phi) is 10.6. The summed E-state index contributed by atoms with van der Waals surface area (Å²) in [5.41, 5.74) is -3.13. The largest absolute Gasteiger partial charge is 0.534 e. The minimum Gasteiger partial charge on any atom is -0.497 e. The fourth-order valence-electron chi connectivity index (χ4n) is 4.03. The van der Waals surface area contributed by atoms with E-state index >= 15 is 0 Å². The Bertz CT molecular complexity index is 1610. The van der Waals surface area contributed by atoms with Gasteiger partial charge in [-0.05, 0) is 78.3 Å². The van der Waals surface area contributed by atoms with Gasteiger partial charge in [-0.15, -0.1) is 0 Å². The van der Waals surface area contributed by atoms with Gasteiger partial charge in [0.2, 0.25) is 0 Å². The molecule has 0 aliphatic heterocycles. The zero-order valence-corrected chi connectivity index (χ0v) is 26.4. The lowest BCUT2D eigenvalue weighted by Crippen LogP contribution is -2.29. The Hall–Kier alpha value is -3.73. The number of carbonyl (C=O) groups excluding carboxylic acids is 2. The van der Waals surface area contributed by atoms with E-state index < -0.39 is 26.8 Å². The molecule has 234 valence electrons. The third-order valence-corrected chi connectivity index (χ3v) is 7.34. The molecule has 0 heterocycles. The molecule has 0 bridgehead atoms. The molecule has 0 spiro atoms. The quantitative estimate of drug-likeness (QED) is 0.118. The predicted molar refractivity (Wildman–Crippen MR) is 158 cm³/mol. The summed E-state index contributed by atoms with van der Waals surface area (Å²) in [6, 6.07) is 13.7. The Morgan fingerprint density at radius 3 is 1.63 bits per heavy atom. The molecule has 6 nitrogen and oxygen atoms in total. The van der Waals surface area contributed by atoms with Crippen molar-refractivity contribution in [1.82, 2.24) is 0 Å². The monoisotopic (exact) mass is 624 g/mol. The van der Waals surface area contributed by atoms with Crippen molar-refractivity contribution in [3.63, 3.8) is 0 Å². The first-order valence-corrected chi connectivity index (χ1v) is 14.6. The van der Waals surface area contributed by atoms with Crippen molar-refractivity contribution in [3.05, 3.63) is 82.7 Å². The molecule has 0 N–H and O–H groups in total. The molecule has 0 radical (unpaired) electrons. The zero-order chi connectivity index (χ0) is 33.1. The number of Topliss-reactive ketones (excluding diaryl/α,β-unsaturated/α-hetero) is 2. The van der Waals surface area contributed by atoms with Crippen LogP contribution in [-0.2, 0) is 20.9 Å². The second-order valence-corrected chi connectivity index (χ2v) is 13.5. The first-order valence-electron chi connectivity index (χ1n) is 13.1. The summed E-state index contributed by atoms with van der Waals surface area (Å²) in [6.07, 6.45) is 0. The molecule has 0 amide bonds. The summed E-state index contributed by atoms with van der Waals surface area (Å²) < 4.78 is 83.1. The Morgan fingerprint density at radius 2 is 1.19 bits per heavy atom. The van der Waals surface area contributed by atoms with Crippen molar-refractivity contribution < 1.29 is 44.5 Å². The van der Waals surface area contributed by atoms with Gasteiger partial charge >= 0.3 is 15.6 Å². The first-order chi connectivity index (χ1) is 19.5.